The molecule has 2 N–H and O–H groups in total. The van der Waals surface area contributed by atoms with Crippen molar-refractivity contribution < 1.29 is 4.79 Å². The zero-order chi connectivity index (χ0) is 17.5. The van der Waals surface area contributed by atoms with Gasteiger partial charge in [-0.3, -0.25) is 4.98 Å². The summed E-state index contributed by atoms with van der Waals surface area (Å²) in [5.74, 6) is 0. The van der Waals surface area contributed by atoms with Crippen LogP contribution in [0.4, 0.5) is 10.5 Å². The van der Waals surface area contributed by atoms with Gasteiger partial charge < -0.3 is 10.6 Å². The van der Waals surface area contributed by atoms with Gasteiger partial charge in [0.25, 0.3) is 0 Å². The van der Waals surface area contributed by atoms with E-state index < -0.39 is 0 Å². The molecule has 0 aliphatic heterocycles. The molecule has 0 fully saturated rings. The largest absolute Gasteiger partial charge is 0.334 e. The number of benzene rings is 2. The van der Waals surface area contributed by atoms with Gasteiger partial charge in [0, 0.05) is 34.4 Å². The van der Waals surface area contributed by atoms with Crippen molar-refractivity contribution in [3.63, 3.8) is 0 Å². The quantitative estimate of drug-likeness (QED) is 0.691. The lowest BCUT2D eigenvalue weighted by atomic mass is 10.2. The predicted molar refractivity (Wildman–Crippen MR) is 102 cm³/mol. The molecule has 126 valence electrons. The number of carbonyl (C=O) groups is 1. The van der Waals surface area contributed by atoms with E-state index in [1.807, 2.05) is 36.4 Å². The van der Waals surface area contributed by atoms with Crippen molar-refractivity contribution >= 4 is 23.5 Å². The van der Waals surface area contributed by atoms with Crippen molar-refractivity contribution in [3.05, 3.63) is 84.2 Å². The van der Waals surface area contributed by atoms with Crippen LogP contribution in [0, 0.1) is 6.92 Å². The molecule has 4 nitrogen and oxygen atoms in total. The Hall–Kier alpha value is -2.79. The van der Waals surface area contributed by atoms with Crippen LogP contribution in [0.2, 0.25) is 0 Å². The summed E-state index contributed by atoms with van der Waals surface area (Å²) in [6.07, 6.45) is 3.42. The molecule has 0 saturated heterocycles. The number of aromatic nitrogens is 1. The fraction of sp³-hybridized carbons (Fsp3) is 0.100. The highest BCUT2D eigenvalue weighted by Crippen LogP contribution is 2.28. The summed E-state index contributed by atoms with van der Waals surface area (Å²) in [7, 11) is 0. The Bertz CT molecular complexity index is 818. The normalized spacial score (nSPS) is 10.3. The Kier molecular flexibility index (Phi) is 5.69. The molecule has 0 bridgehead atoms. The lowest BCUT2D eigenvalue weighted by molar-refractivity contribution is 0.251. The Balaban J connectivity index is 1.51. The van der Waals surface area contributed by atoms with E-state index in [2.05, 4.69) is 46.8 Å². The molecule has 0 aliphatic rings. The summed E-state index contributed by atoms with van der Waals surface area (Å²) in [5.41, 5.74) is 3.03. The van der Waals surface area contributed by atoms with E-state index >= 15 is 0 Å². The maximum atomic E-state index is 12.0. The third kappa shape index (κ3) is 5.36. The lowest BCUT2D eigenvalue weighted by Crippen LogP contribution is -2.28. The molecule has 0 unspecified atom stereocenters. The second-order valence-corrected chi connectivity index (χ2v) is 6.75. The van der Waals surface area contributed by atoms with Crippen LogP contribution in [0.5, 0.6) is 0 Å². The monoisotopic (exact) mass is 349 g/mol. The van der Waals surface area contributed by atoms with Crippen LogP contribution in [0.1, 0.15) is 11.1 Å². The summed E-state index contributed by atoms with van der Waals surface area (Å²) in [6.45, 7) is 2.55. The van der Waals surface area contributed by atoms with E-state index in [1.165, 1.54) is 10.5 Å². The van der Waals surface area contributed by atoms with Crippen LogP contribution < -0.4 is 10.6 Å². The SMILES string of the molecule is Cc1ccc(Sc2ccc(NC(=O)NCc3ccncc3)cc2)cc1. The molecular formula is C20H19N3OS. The molecule has 1 aromatic heterocycles. The minimum Gasteiger partial charge on any atom is -0.334 e. The van der Waals surface area contributed by atoms with Crippen molar-refractivity contribution in [2.45, 2.75) is 23.3 Å². The van der Waals surface area contributed by atoms with E-state index in [9.17, 15) is 4.79 Å². The number of pyridine rings is 1. The molecule has 0 saturated carbocycles. The first kappa shape index (κ1) is 17.0. The molecule has 0 spiro atoms. The maximum Gasteiger partial charge on any atom is 0.319 e. The number of urea groups is 1. The molecule has 3 aromatic rings. The number of carbonyl (C=O) groups excluding carboxylic acids is 1. The third-order valence-corrected chi connectivity index (χ3v) is 4.59. The summed E-state index contributed by atoms with van der Waals surface area (Å²) in [5, 5.41) is 5.66. The standard InChI is InChI=1S/C20H19N3OS/c1-15-2-6-18(7-3-15)25-19-8-4-17(5-9-19)23-20(24)22-14-16-10-12-21-13-11-16/h2-13H,14H2,1H3,(H2,22,23,24). The van der Waals surface area contributed by atoms with Gasteiger partial charge in [-0.1, -0.05) is 29.5 Å². The van der Waals surface area contributed by atoms with Crippen LogP contribution in [-0.4, -0.2) is 11.0 Å². The van der Waals surface area contributed by atoms with Gasteiger partial charge in [0.05, 0.1) is 0 Å². The second-order valence-electron chi connectivity index (χ2n) is 5.60. The minimum absolute atomic E-state index is 0.226. The molecule has 25 heavy (non-hydrogen) atoms. The predicted octanol–water partition coefficient (Wildman–Crippen LogP) is 4.86. The minimum atomic E-state index is -0.226. The molecule has 2 amide bonds. The van der Waals surface area contributed by atoms with E-state index in [0.717, 1.165) is 16.1 Å². The first-order valence-corrected chi connectivity index (χ1v) is 8.79. The number of hydrogen-bond acceptors (Lipinski definition) is 3. The molecule has 5 heteroatoms. The molecule has 2 aromatic carbocycles. The molecule has 0 atom stereocenters. The summed E-state index contributed by atoms with van der Waals surface area (Å²) >= 11 is 1.70. The average Bonchev–Trinajstić information content (AvgIpc) is 2.64. The highest BCUT2D eigenvalue weighted by atomic mass is 32.2. The number of nitrogens with zero attached hydrogens (tertiary/aromatic N) is 1. The van der Waals surface area contributed by atoms with Gasteiger partial charge >= 0.3 is 6.03 Å². The van der Waals surface area contributed by atoms with Crippen molar-refractivity contribution in [2.75, 3.05) is 5.32 Å². The van der Waals surface area contributed by atoms with Gasteiger partial charge in [-0.2, -0.15) is 0 Å². The molecule has 0 aliphatic carbocycles. The number of rotatable bonds is 5. The second kappa shape index (κ2) is 8.35. The highest BCUT2D eigenvalue weighted by Gasteiger charge is 2.03. The fourth-order valence-electron chi connectivity index (χ4n) is 2.21. The summed E-state index contributed by atoms with van der Waals surface area (Å²) < 4.78 is 0. The first-order valence-electron chi connectivity index (χ1n) is 7.97. The van der Waals surface area contributed by atoms with Gasteiger partial charge in [-0.25, -0.2) is 4.79 Å². The Morgan fingerprint density at radius 2 is 1.52 bits per heavy atom. The van der Waals surface area contributed by atoms with Gasteiger partial charge in [0.15, 0.2) is 0 Å². The van der Waals surface area contributed by atoms with Gasteiger partial charge in [-0.15, -0.1) is 0 Å². The number of anilines is 1. The lowest BCUT2D eigenvalue weighted by Gasteiger charge is -2.08. The van der Waals surface area contributed by atoms with E-state index in [4.69, 9.17) is 0 Å². The van der Waals surface area contributed by atoms with Crippen molar-refractivity contribution in [1.82, 2.24) is 10.3 Å². The maximum absolute atomic E-state index is 12.0. The van der Waals surface area contributed by atoms with Gasteiger partial charge in [0.2, 0.25) is 0 Å². The van der Waals surface area contributed by atoms with Crippen molar-refractivity contribution in [1.29, 1.82) is 0 Å². The zero-order valence-electron chi connectivity index (χ0n) is 13.9. The molecular weight excluding hydrogens is 330 g/mol. The van der Waals surface area contributed by atoms with E-state index in [0.29, 0.717) is 6.54 Å². The summed E-state index contributed by atoms with van der Waals surface area (Å²) in [4.78, 5) is 18.2. The van der Waals surface area contributed by atoms with Gasteiger partial charge in [-0.05, 0) is 61.0 Å². The third-order valence-electron chi connectivity index (χ3n) is 3.57. The summed E-state index contributed by atoms with van der Waals surface area (Å²) in [6, 6.07) is 19.8. The number of aryl methyl sites for hydroxylation is 1. The van der Waals surface area contributed by atoms with Crippen molar-refractivity contribution in [2.24, 2.45) is 0 Å². The Morgan fingerprint density at radius 1 is 0.920 bits per heavy atom. The number of amides is 2. The van der Waals surface area contributed by atoms with Crippen LogP contribution >= 0.6 is 11.8 Å². The molecule has 3 rings (SSSR count). The zero-order valence-corrected chi connectivity index (χ0v) is 14.7. The van der Waals surface area contributed by atoms with Crippen LogP contribution in [-0.2, 0) is 6.54 Å². The van der Waals surface area contributed by atoms with Crippen LogP contribution in [0.15, 0.2) is 82.8 Å². The number of hydrogen-bond donors (Lipinski definition) is 2. The van der Waals surface area contributed by atoms with E-state index in [-0.39, 0.29) is 6.03 Å². The highest BCUT2D eigenvalue weighted by molar-refractivity contribution is 7.99. The molecule has 0 radical (unpaired) electrons. The average molecular weight is 349 g/mol. The first-order chi connectivity index (χ1) is 12.2. The van der Waals surface area contributed by atoms with Crippen LogP contribution in [0.25, 0.3) is 0 Å². The fourth-order valence-corrected chi connectivity index (χ4v) is 3.02. The van der Waals surface area contributed by atoms with E-state index in [1.54, 1.807) is 24.2 Å². The number of nitrogens with one attached hydrogen (secondary N) is 2. The van der Waals surface area contributed by atoms with Gasteiger partial charge in [0.1, 0.15) is 0 Å². The topological polar surface area (TPSA) is 54.0 Å². The van der Waals surface area contributed by atoms with Crippen LogP contribution in [0.3, 0.4) is 0 Å². The smallest absolute Gasteiger partial charge is 0.319 e. The Labute approximate surface area is 151 Å². The molecule has 1 heterocycles. The van der Waals surface area contributed by atoms with Crippen molar-refractivity contribution in [3.8, 4) is 0 Å². The Morgan fingerprint density at radius 3 is 2.16 bits per heavy atom.